The summed E-state index contributed by atoms with van der Waals surface area (Å²) in [5.41, 5.74) is 1.32. The number of benzene rings is 1. The monoisotopic (exact) mass is 235 g/mol. The van der Waals surface area contributed by atoms with Gasteiger partial charge in [-0.2, -0.15) is 0 Å². The second-order valence-electron chi connectivity index (χ2n) is 4.86. The summed E-state index contributed by atoms with van der Waals surface area (Å²) >= 11 is 0. The highest BCUT2D eigenvalue weighted by Gasteiger charge is 2.04. The molecule has 2 heteroatoms. The molecule has 0 bridgehead atoms. The van der Waals surface area contributed by atoms with Gasteiger partial charge in [-0.1, -0.05) is 26.0 Å². The number of ether oxygens (including phenoxy) is 1. The summed E-state index contributed by atoms with van der Waals surface area (Å²) in [5, 5.41) is 3.54. The quantitative estimate of drug-likeness (QED) is 0.776. The average molecular weight is 235 g/mol. The molecule has 0 fully saturated rings. The van der Waals surface area contributed by atoms with Gasteiger partial charge in [-0.15, -0.1) is 0 Å². The summed E-state index contributed by atoms with van der Waals surface area (Å²) in [6.07, 6.45) is 1.22. The lowest BCUT2D eigenvalue weighted by Gasteiger charge is -2.15. The van der Waals surface area contributed by atoms with Crippen molar-refractivity contribution >= 4 is 0 Å². The molecule has 1 N–H and O–H groups in total. The van der Waals surface area contributed by atoms with Crippen molar-refractivity contribution < 1.29 is 4.74 Å². The molecule has 1 rings (SSSR count). The van der Waals surface area contributed by atoms with Crippen LogP contribution in [0.1, 0.15) is 45.7 Å². The van der Waals surface area contributed by atoms with E-state index in [1.54, 1.807) is 0 Å². The Bertz CT molecular complexity index is 305. The van der Waals surface area contributed by atoms with Crippen molar-refractivity contribution in [3.63, 3.8) is 0 Å². The van der Waals surface area contributed by atoms with Crippen LogP contribution in [-0.2, 0) is 0 Å². The van der Waals surface area contributed by atoms with Crippen LogP contribution in [0.3, 0.4) is 0 Å². The van der Waals surface area contributed by atoms with Gasteiger partial charge in [0.1, 0.15) is 5.75 Å². The molecule has 17 heavy (non-hydrogen) atoms. The summed E-state index contributed by atoms with van der Waals surface area (Å²) in [4.78, 5) is 0. The molecule has 0 aliphatic rings. The molecular weight excluding hydrogens is 210 g/mol. The Labute approximate surface area is 105 Å². The third-order valence-electron chi connectivity index (χ3n) is 2.86. The van der Waals surface area contributed by atoms with E-state index in [2.05, 4.69) is 38.2 Å². The van der Waals surface area contributed by atoms with Crippen LogP contribution in [0.2, 0.25) is 0 Å². The molecular formula is C15H25NO. The minimum absolute atomic E-state index is 0.407. The van der Waals surface area contributed by atoms with Crippen molar-refractivity contribution in [2.75, 3.05) is 13.2 Å². The molecule has 0 amide bonds. The number of hydrogen-bond acceptors (Lipinski definition) is 2. The van der Waals surface area contributed by atoms with Crippen molar-refractivity contribution in [2.24, 2.45) is 5.92 Å². The predicted octanol–water partition coefficient (Wildman–Crippen LogP) is 3.78. The zero-order chi connectivity index (χ0) is 12.7. The lowest BCUT2D eigenvalue weighted by molar-refractivity contribution is 0.340. The smallest absolute Gasteiger partial charge is 0.119 e. The Hall–Kier alpha value is -1.02. The van der Waals surface area contributed by atoms with E-state index in [9.17, 15) is 0 Å². The Morgan fingerprint density at radius 3 is 2.29 bits per heavy atom. The van der Waals surface area contributed by atoms with Gasteiger partial charge in [0.15, 0.2) is 0 Å². The van der Waals surface area contributed by atoms with Crippen molar-refractivity contribution in [2.45, 2.75) is 40.2 Å². The first kappa shape index (κ1) is 14.0. The number of hydrogen-bond donors (Lipinski definition) is 1. The second-order valence-corrected chi connectivity index (χ2v) is 4.86. The minimum atomic E-state index is 0.407. The minimum Gasteiger partial charge on any atom is -0.494 e. The van der Waals surface area contributed by atoms with E-state index in [4.69, 9.17) is 4.74 Å². The standard InChI is InChI=1S/C15H25NO/c1-5-17-15-8-6-14(7-9-15)13(4)16-11-10-12(2)3/h6-9,12-13,16H,5,10-11H2,1-4H3. The summed E-state index contributed by atoms with van der Waals surface area (Å²) in [6, 6.07) is 8.76. The van der Waals surface area contributed by atoms with Crippen LogP contribution in [0.25, 0.3) is 0 Å². The summed E-state index contributed by atoms with van der Waals surface area (Å²) in [6.45, 7) is 10.5. The van der Waals surface area contributed by atoms with Gasteiger partial charge in [-0.3, -0.25) is 0 Å². The molecule has 2 nitrogen and oxygen atoms in total. The van der Waals surface area contributed by atoms with Crippen LogP contribution in [0, 0.1) is 5.92 Å². The molecule has 0 spiro atoms. The first-order valence-electron chi connectivity index (χ1n) is 6.59. The maximum absolute atomic E-state index is 5.43. The van der Waals surface area contributed by atoms with Gasteiger partial charge in [0.2, 0.25) is 0 Å². The molecule has 1 atom stereocenters. The van der Waals surface area contributed by atoms with Crippen LogP contribution in [-0.4, -0.2) is 13.2 Å². The van der Waals surface area contributed by atoms with Crippen LogP contribution in [0.5, 0.6) is 5.75 Å². The zero-order valence-electron chi connectivity index (χ0n) is 11.5. The van der Waals surface area contributed by atoms with Gasteiger partial charge < -0.3 is 10.1 Å². The first-order chi connectivity index (χ1) is 8.13. The molecule has 1 unspecified atom stereocenters. The van der Waals surface area contributed by atoms with E-state index >= 15 is 0 Å². The van der Waals surface area contributed by atoms with Crippen molar-refractivity contribution in [1.29, 1.82) is 0 Å². The highest BCUT2D eigenvalue weighted by atomic mass is 16.5. The lowest BCUT2D eigenvalue weighted by atomic mass is 10.1. The fourth-order valence-corrected chi connectivity index (χ4v) is 1.73. The number of nitrogens with one attached hydrogen (secondary N) is 1. The van der Waals surface area contributed by atoms with Crippen LogP contribution in [0.4, 0.5) is 0 Å². The van der Waals surface area contributed by atoms with Gasteiger partial charge in [0.05, 0.1) is 6.61 Å². The van der Waals surface area contributed by atoms with E-state index < -0.39 is 0 Å². The van der Waals surface area contributed by atoms with Crippen molar-refractivity contribution in [3.8, 4) is 5.75 Å². The van der Waals surface area contributed by atoms with E-state index in [0.29, 0.717) is 6.04 Å². The van der Waals surface area contributed by atoms with Gasteiger partial charge >= 0.3 is 0 Å². The van der Waals surface area contributed by atoms with Gasteiger partial charge in [0, 0.05) is 6.04 Å². The molecule has 0 aliphatic heterocycles. The Morgan fingerprint density at radius 2 is 1.76 bits per heavy atom. The van der Waals surface area contributed by atoms with E-state index in [1.165, 1.54) is 12.0 Å². The summed E-state index contributed by atoms with van der Waals surface area (Å²) < 4.78 is 5.43. The van der Waals surface area contributed by atoms with Crippen molar-refractivity contribution in [3.05, 3.63) is 29.8 Å². The summed E-state index contributed by atoms with van der Waals surface area (Å²) in [7, 11) is 0. The van der Waals surface area contributed by atoms with E-state index in [0.717, 1.165) is 24.8 Å². The molecule has 96 valence electrons. The molecule has 0 saturated heterocycles. The maximum atomic E-state index is 5.43. The Balaban J connectivity index is 2.43. The van der Waals surface area contributed by atoms with Gasteiger partial charge in [-0.25, -0.2) is 0 Å². The van der Waals surface area contributed by atoms with Gasteiger partial charge in [-0.05, 0) is 50.4 Å². The molecule has 0 radical (unpaired) electrons. The first-order valence-corrected chi connectivity index (χ1v) is 6.59. The molecule has 1 aromatic carbocycles. The third-order valence-corrected chi connectivity index (χ3v) is 2.86. The molecule has 0 aromatic heterocycles. The SMILES string of the molecule is CCOc1ccc(C(C)NCCC(C)C)cc1. The molecule has 1 aromatic rings. The largest absolute Gasteiger partial charge is 0.494 e. The molecule has 0 heterocycles. The zero-order valence-corrected chi connectivity index (χ0v) is 11.5. The second kappa shape index (κ2) is 7.33. The third kappa shape index (κ3) is 5.22. The van der Waals surface area contributed by atoms with Crippen molar-refractivity contribution in [1.82, 2.24) is 5.32 Å². The summed E-state index contributed by atoms with van der Waals surface area (Å²) in [5.74, 6) is 1.71. The fourth-order valence-electron chi connectivity index (χ4n) is 1.73. The normalized spacial score (nSPS) is 12.8. The highest BCUT2D eigenvalue weighted by Crippen LogP contribution is 2.17. The number of rotatable bonds is 7. The van der Waals surface area contributed by atoms with E-state index in [1.807, 2.05) is 19.1 Å². The Morgan fingerprint density at radius 1 is 1.12 bits per heavy atom. The topological polar surface area (TPSA) is 21.3 Å². The van der Waals surface area contributed by atoms with E-state index in [-0.39, 0.29) is 0 Å². The average Bonchev–Trinajstić information content (AvgIpc) is 2.30. The van der Waals surface area contributed by atoms with Crippen LogP contribution in [0.15, 0.2) is 24.3 Å². The Kier molecular flexibility index (Phi) is 6.06. The van der Waals surface area contributed by atoms with Gasteiger partial charge in [0.25, 0.3) is 0 Å². The van der Waals surface area contributed by atoms with Crippen LogP contribution < -0.4 is 10.1 Å². The lowest BCUT2D eigenvalue weighted by Crippen LogP contribution is -2.20. The molecule has 0 saturated carbocycles. The molecule has 0 aliphatic carbocycles. The predicted molar refractivity (Wildman–Crippen MR) is 73.5 cm³/mol. The van der Waals surface area contributed by atoms with Crippen LogP contribution >= 0.6 is 0 Å². The fraction of sp³-hybridized carbons (Fsp3) is 0.600. The highest BCUT2D eigenvalue weighted by molar-refractivity contribution is 5.28. The maximum Gasteiger partial charge on any atom is 0.119 e.